The van der Waals surface area contributed by atoms with E-state index in [0.717, 1.165) is 36.0 Å². The number of ether oxygens (including phenoxy) is 2. The van der Waals surface area contributed by atoms with E-state index in [1.807, 2.05) is 51.1 Å². The molecule has 4 amide bonds. The van der Waals surface area contributed by atoms with Crippen LogP contribution in [0.5, 0.6) is 11.5 Å². The monoisotopic (exact) mass is 778 g/mol. The van der Waals surface area contributed by atoms with Crippen LogP contribution in [0.15, 0.2) is 84.9 Å². The number of amides is 4. The molecule has 0 saturated heterocycles. The van der Waals surface area contributed by atoms with E-state index in [1.165, 1.54) is 17.5 Å². The topological polar surface area (TPSA) is 178 Å². The van der Waals surface area contributed by atoms with Crippen molar-refractivity contribution in [3.05, 3.63) is 107 Å². The molecule has 4 aromatic carbocycles. The van der Waals surface area contributed by atoms with Crippen molar-refractivity contribution in [2.45, 2.75) is 71.5 Å². The highest BCUT2D eigenvalue weighted by Gasteiger charge is 2.30. The molecular weight excluding hydrogens is 721 g/mol. The SMILES string of the molecule is CCCCc1ccc(-c2ccc(C(=O)NCC(=O)N(C)C(C(=O)NC(C)C)c3ccc(OCCN)c(-c4cc(CC(C)NC=O)ccc4OCCN)c3)cc2)cc1. The van der Waals surface area contributed by atoms with Crippen LogP contribution in [0.1, 0.15) is 73.6 Å². The van der Waals surface area contributed by atoms with Gasteiger partial charge in [-0.3, -0.25) is 19.2 Å². The Morgan fingerprint density at radius 3 is 1.95 bits per heavy atom. The molecule has 0 heterocycles. The fourth-order valence-electron chi connectivity index (χ4n) is 6.46. The highest BCUT2D eigenvalue weighted by atomic mass is 16.5. The summed E-state index contributed by atoms with van der Waals surface area (Å²) in [5.74, 6) is -0.240. The number of carbonyl (C=O) groups excluding carboxylic acids is 4. The molecule has 0 aliphatic rings. The third-order valence-electron chi connectivity index (χ3n) is 9.41. The average Bonchev–Trinajstić information content (AvgIpc) is 3.21. The molecule has 12 heteroatoms. The number of rotatable bonds is 22. The van der Waals surface area contributed by atoms with Gasteiger partial charge in [0.2, 0.25) is 18.2 Å². The fourth-order valence-corrected chi connectivity index (χ4v) is 6.46. The molecule has 0 spiro atoms. The summed E-state index contributed by atoms with van der Waals surface area (Å²) >= 11 is 0. The van der Waals surface area contributed by atoms with Crippen LogP contribution in [0.3, 0.4) is 0 Å². The van der Waals surface area contributed by atoms with Gasteiger partial charge in [-0.2, -0.15) is 0 Å². The van der Waals surface area contributed by atoms with E-state index in [1.54, 1.807) is 30.3 Å². The van der Waals surface area contributed by atoms with Crippen molar-refractivity contribution in [1.82, 2.24) is 20.9 Å². The van der Waals surface area contributed by atoms with Crippen molar-refractivity contribution in [3.63, 3.8) is 0 Å². The van der Waals surface area contributed by atoms with Gasteiger partial charge >= 0.3 is 0 Å². The van der Waals surface area contributed by atoms with E-state index in [-0.39, 0.29) is 44.9 Å². The average molecular weight is 779 g/mol. The minimum absolute atomic E-state index is 0.132. The van der Waals surface area contributed by atoms with Crippen molar-refractivity contribution in [2.75, 3.05) is 39.9 Å². The van der Waals surface area contributed by atoms with Crippen molar-refractivity contribution in [3.8, 4) is 33.8 Å². The molecule has 0 fully saturated rings. The van der Waals surface area contributed by atoms with Crippen molar-refractivity contribution < 1.29 is 28.7 Å². The number of hydrogen-bond acceptors (Lipinski definition) is 8. The van der Waals surface area contributed by atoms with Crippen LogP contribution in [-0.2, 0) is 27.2 Å². The highest BCUT2D eigenvalue weighted by molar-refractivity contribution is 5.97. The minimum Gasteiger partial charge on any atom is -0.492 e. The highest BCUT2D eigenvalue weighted by Crippen LogP contribution is 2.40. The summed E-state index contributed by atoms with van der Waals surface area (Å²) in [6.45, 7) is 8.48. The van der Waals surface area contributed by atoms with Gasteiger partial charge in [-0.25, -0.2) is 0 Å². The van der Waals surface area contributed by atoms with E-state index >= 15 is 0 Å². The van der Waals surface area contributed by atoms with Gasteiger partial charge in [0.15, 0.2) is 0 Å². The van der Waals surface area contributed by atoms with Crippen LogP contribution in [0.4, 0.5) is 0 Å². The molecular formula is C45H58N6O6. The molecule has 0 saturated carbocycles. The second-order valence-electron chi connectivity index (χ2n) is 14.4. The fraction of sp³-hybridized carbons (Fsp3) is 0.378. The maximum atomic E-state index is 13.9. The Bertz CT molecular complexity index is 1930. The zero-order valence-electron chi connectivity index (χ0n) is 33.8. The lowest BCUT2D eigenvalue weighted by atomic mass is 9.94. The Morgan fingerprint density at radius 1 is 0.789 bits per heavy atom. The molecule has 0 aromatic heterocycles. The first-order chi connectivity index (χ1) is 27.5. The molecule has 0 radical (unpaired) electrons. The van der Waals surface area contributed by atoms with Crippen molar-refractivity contribution >= 4 is 24.1 Å². The lowest BCUT2D eigenvalue weighted by Gasteiger charge is -2.29. The number of likely N-dealkylation sites (N-methyl/N-ethyl adjacent to an activating group) is 1. The van der Waals surface area contributed by atoms with E-state index in [2.05, 4.69) is 47.1 Å². The molecule has 2 atom stereocenters. The lowest BCUT2D eigenvalue weighted by molar-refractivity contribution is -0.138. The second kappa shape index (κ2) is 22.1. The maximum absolute atomic E-state index is 13.9. The number of nitrogens with one attached hydrogen (secondary N) is 3. The number of unbranched alkanes of at least 4 members (excludes halogenated alkanes) is 1. The van der Waals surface area contributed by atoms with Gasteiger partial charge in [0, 0.05) is 48.9 Å². The second-order valence-corrected chi connectivity index (χ2v) is 14.4. The third kappa shape index (κ3) is 12.6. The van der Waals surface area contributed by atoms with E-state index in [0.29, 0.717) is 46.6 Å². The molecule has 7 N–H and O–H groups in total. The Balaban J connectivity index is 1.61. The van der Waals surface area contributed by atoms with Gasteiger partial charge < -0.3 is 41.8 Å². The van der Waals surface area contributed by atoms with Gasteiger partial charge in [-0.05, 0) is 104 Å². The van der Waals surface area contributed by atoms with E-state index in [4.69, 9.17) is 20.9 Å². The Kier molecular flexibility index (Phi) is 17.1. The van der Waals surface area contributed by atoms with Gasteiger partial charge in [0.05, 0.1) is 6.54 Å². The summed E-state index contributed by atoms with van der Waals surface area (Å²) < 4.78 is 12.2. The normalized spacial score (nSPS) is 12.0. The van der Waals surface area contributed by atoms with Crippen LogP contribution in [-0.4, -0.2) is 81.0 Å². The molecule has 4 rings (SSSR count). The van der Waals surface area contributed by atoms with Crippen LogP contribution in [0, 0.1) is 0 Å². The van der Waals surface area contributed by atoms with Crippen LogP contribution >= 0.6 is 0 Å². The molecule has 0 aliphatic heterocycles. The number of benzene rings is 4. The van der Waals surface area contributed by atoms with E-state index < -0.39 is 23.8 Å². The van der Waals surface area contributed by atoms with Crippen LogP contribution < -0.4 is 36.9 Å². The first-order valence-electron chi connectivity index (χ1n) is 19.7. The van der Waals surface area contributed by atoms with Crippen molar-refractivity contribution in [2.24, 2.45) is 11.5 Å². The smallest absolute Gasteiger partial charge is 0.251 e. The zero-order chi connectivity index (χ0) is 41.3. The summed E-state index contributed by atoms with van der Waals surface area (Å²) in [6.07, 6.45) is 4.56. The first kappa shape index (κ1) is 44.0. The summed E-state index contributed by atoms with van der Waals surface area (Å²) in [5, 5.41) is 8.46. The Labute approximate surface area is 336 Å². The number of hydrogen-bond donors (Lipinski definition) is 5. The number of carbonyl (C=O) groups is 4. The Hall–Kier alpha value is -5.72. The quantitative estimate of drug-likeness (QED) is 0.0679. The number of nitrogens with zero attached hydrogens (tertiary/aromatic N) is 1. The molecule has 0 aliphatic carbocycles. The number of aryl methyl sites for hydroxylation is 1. The largest absolute Gasteiger partial charge is 0.492 e. The molecule has 4 aromatic rings. The molecule has 12 nitrogen and oxygen atoms in total. The van der Waals surface area contributed by atoms with Gasteiger partial charge in [0.25, 0.3) is 5.91 Å². The van der Waals surface area contributed by atoms with Crippen LogP contribution in [0.25, 0.3) is 22.3 Å². The summed E-state index contributed by atoms with van der Waals surface area (Å²) in [6, 6.07) is 25.3. The summed E-state index contributed by atoms with van der Waals surface area (Å²) in [7, 11) is 1.54. The summed E-state index contributed by atoms with van der Waals surface area (Å²) in [5.41, 5.74) is 18.1. The molecule has 304 valence electrons. The molecule has 0 bridgehead atoms. The number of nitrogens with two attached hydrogens (primary N) is 2. The predicted molar refractivity (Wildman–Crippen MR) is 225 cm³/mol. The predicted octanol–water partition coefficient (Wildman–Crippen LogP) is 5.17. The Morgan fingerprint density at radius 2 is 1.37 bits per heavy atom. The van der Waals surface area contributed by atoms with E-state index in [9.17, 15) is 19.2 Å². The van der Waals surface area contributed by atoms with Gasteiger partial charge in [0.1, 0.15) is 30.8 Å². The minimum atomic E-state index is -1.07. The molecule has 57 heavy (non-hydrogen) atoms. The summed E-state index contributed by atoms with van der Waals surface area (Å²) in [4.78, 5) is 53.4. The van der Waals surface area contributed by atoms with Crippen LogP contribution in [0.2, 0.25) is 0 Å². The maximum Gasteiger partial charge on any atom is 0.251 e. The third-order valence-corrected chi connectivity index (χ3v) is 9.41. The molecule has 2 unspecified atom stereocenters. The van der Waals surface area contributed by atoms with Gasteiger partial charge in [-0.1, -0.05) is 61.9 Å². The standard InChI is InChI=1S/C45H58N6O6/c1-6-7-8-32-9-12-34(13-10-32)35-14-16-36(17-15-35)44(54)48-28-42(53)51(5)43(45(55)50-30(2)3)37-18-20-41(57-24-22-47)39(27-37)38-26-33(25-31(4)49-29-52)11-19-40(38)56-23-21-46/h9-20,26-27,29-31,43H,6-8,21-25,28,46-47H2,1-5H3,(H,48,54)(H,49,52)(H,50,55). The first-order valence-corrected chi connectivity index (χ1v) is 19.7. The van der Waals surface area contributed by atoms with Crippen molar-refractivity contribution in [1.29, 1.82) is 0 Å². The van der Waals surface area contributed by atoms with Gasteiger partial charge in [-0.15, -0.1) is 0 Å². The zero-order valence-corrected chi connectivity index (χ0v) is 33.8. The lowest BCUT2D eigenvalue weighted by Crippen LogP contribution is -2.46.